The standard InChI is InChI=1S/C10H19N5O3/c1-6(16)4-11-8-13-9(12-5-7(2)17)15-10(14-8)18-3/h6-7,16-17H,4-5H2,1-3H3,(H2,11,12,13,14,15)/t6-,7-/m0/s1. The Bertz CT molecular complexity index is 342. The van der Waals surface area contributed by atoms with Crippen molar-refractivity contribution in [2.24, 2.45) is 0 Å². The first-order chi connectivity index (χ1) is 8.51. The number of rotatable bonds is 7. The smallest absolute Gasteiger partial charge is 0.322 e. The number of anilines is 2. The summed E-state index contributed by atoms with van der Waals surface area (Å²) in [5.41, 5.74) is 0. The van der Waals surface area contributed by atoms with Crippen LogP contribution >= 0.6 is 0 Å². The van der Waals surface area contributed by atoms with Crippen LogP contribution in [0.1, 0.15) is 13.8 Å². The van der Waals surface area contributed by atoms with Gasteiger partial charge in [-0.25, -0.2) is 0 Å². The topological polar surface area (TPSA) is 112 Å². The fraction of sp³-hybridized carbons (Fsp3) is 0.700. The Morgan fingerprint density at radius 2 is 1.44 bits per heavy atom. The molecule has 1 heterocycles. The molecule has 0 saturated heterocycles. The van der Waals surface area contributed by atoms with Gasteiger partial charge in [-0.3, -0.25) is 0 Å². The van der Waals surface area contributed by atoms with Gasteiger partial charge in [0, 0.05) is 13.1 Å². The van der Waals surface area contributed by atoms with Crippen LogP contribution in [0.25, 0.3) is 0 Å². The van der Waals surface area contributed by atoms with Crippen molar-refractivity contribution in [2.75, 3.05) is 30.8 Å². The molecule has 1 aromatic heterocycles. The normalized spacial score (nSPS) is 13.8. The van der Waals surface area contributed by atoms with E-state index in [1.807, 2.05) is 0 Å². The number of ether oxygens (including phenoxy) is 1. The molecule has 0 amide bonds. The Labute approximate surface area is 105 Å². The lowest BCUT2D eigenvalue weighted by atomic mass is 10.4. The summed E-state index contributed by atoms with van der Waals surface area (Å²) in [5, 5.41) is 24.0. The molecule has 1 aromatic rings. The molecule has 0 fully saturated rings. The lowest BCUT2D eigenvalue weighted by Crippen LogP contribution is -2.20. The molecule has 0 unspecified atom stereocenters. The van der Waals surface area contributed by atoms with E-state index in [-0.39, 0.29) is 6.01 Å². The third-order valence-corrected chi connectivity index (χ3v) is 1.91. The van der Waals surface area contributed by atoms with Gasteiger partial charge in [0.2, 0.25) is 11.9 Å². The second-order valence-electron chi connectivity index (χ2n) is 3.93. The Hall–Kier alpha value is -1.67. The average molecular weight is 257 g/mol. The van der Waals surface area contributed by atoms with Gasteiger partial charge in [0.15, 0.2) is 0 Å². The van der Waals surface area contributed by atoms with Crippen molar-refractivity contribution >= 4 is 11.9 Å². The van der Waals surface area contributed by atoms with Crippen molar-refractivity contribution in [1.82, 2.24) is 15.0 Å². The molecule has 1 rings (SSSR count). The van der Waals surface area contributed by atoms with Crippen molar-refractivity contribution in [3.63, 3.8) is 0 Å². The molecular weight excluding hydrogens is 238 g/mol. The van der Waals surface area contributed by atoms with Gasteiger partial charge in [0.1, 0.15) is 0 Å². The van der Waals surface area contributed by atoms with Crippen LogP contribution in [0.5, 0.6) is 6.01 Å². The molecule has 0 aliphatic rings. The van der Waals surface area contributed by atoms with Crippen LogP contribution in [-0.4, -0.2) is 57.6 Å². The fourth-order valence-electron chi connectivity index (χ4n) is 1.08. The largest absolute Gasteiger partial charge is 0.467 e. The van der Waals surface area contributed by atoms with Crippen molar-refractivity contribution in [3.05, 3.63) is 0 Å². The van der Waals surface area contributed by atoms with Crippen LogP contribution in [0.2, 0.25) is 0 Å². The molecule has 0 bridgehead atoms. The minimum Gasteiger partial charge on any atom is -0.467 e. The third-order valence-electron chi connectivity index (χ3n) is 1.91. The maximum Gasteiger partial charge on any atom is 0.322 e. The van der Waals surface area contributed by atoms with E-state index >= 15 is 0 Å². The highest BCUT2D eigenvalue weighted by molar-refractivity contribution is 5.35. The Morgan fingerprint density at radius 1 is 1.00 bits per heavy atom. The monoisotopic (exact) mass is 257 g/mol. The molecule has 0 aliphatic carbocycles. The minimum absolute atomic E-state index is 0.159. The van der Waals surface area contributed by atoms with E-state index in [9.17, 15) is 10.2 Å². The van der Waals surface area contributed by atoms with Crippen molar-refractivity contribution < 1.29 is 14.9 Å². The predicted octanol–water partition coefficient (Wildman–Crippen LogP) is -0.534. The van der Waals surface area contributed by atoms with Gasteiger partial charge < -0.3 is 25.6 Å². The first-order valence-electron chi connectivity index (χ1n) is 5.65. The highest BCUT2D eigenvalue weighted by Gasteiger charge is 2.07. The SMILES string of the molecule is COc1nc(NC[C@H](C)O)nc(NC[C@H](C)O)n1. The maximum atomic E-state index is 9.17. The van der Waals surface area contributed by atoms with Crippen molar-refractivity contribution in [2.45, 2.75) is 26.1 Å². The summed E-state index contributed by atoms with van der Waals surface area (Å²) in [6.07, 6.45) is -1.02. The number of hydrogen-bond acceptors (Lipinski definition) is 8. The molecular formula is C10H19N5O3. The summed E-state index contributed by atoms with van der Waals surface area (Å²) in [6.45, 7) is 3.95. The summed E-state index contributed by atoms with van der Waals surface area (Å²) in [6, 6.07) is 0.159. The Morgan fingerprint density at radius 3 is 1.78 bits per heavy atom. The van der Waals surface area contributed by atoms with E-state index in [0.29, 0.717) is 25.0 Å². The van der Waals surface area contributed by atoms with E-state index in [1.165, 1.54) is 7.11 Å². The summed E-state index contributed by atoms with van der Waals surface area (Å²) in [5.74, 6) is 0.603. The molecule has 102 valence electrons. The highest BCUT2D eigenvalue weighted by Crippen LogP contribution is 2.10. The first kappa shape index (κ1) is 14.4. The second-order valence-corrected chi connectivity index (χ2v) is 3.93. The molecule has 18 heavy (non-hydrogen) atoms. The number of aliphatic hydroxyl groups is 2. The van der Waals surface area contributed by atoms with Crippen molar-refractivity contribution in [3.8, 4) is 6.01 Å². The van der Waals surface area contributed by atoms with Crippen LogP contribution in [-0.2, 0) is 0 Å². The van der Waals surface area contributed by atoms with Crippen LogP contribution < -0.4 is 15.4 Å². The Kier molecular flexibility index (Phi) is 5.53. The van der Waals surface area contributed by atoms with Gasteiger partial charge in [-0.2, -0.15) is 15.0 Å². The van der Waals surface area contributed by atoms with Crippen LogP contribution in [0.4, 0.5) is 11.9 Å². The average Bonchev–Trinajstić information content (AvgIpc) is 2.33. The summed E-state index contributed by atoms with van der Waals surface area (Å²) in [4.78, 5) is 12.0. The van der Waals surface area contributed by atoms with Gasteiger partial charge in [0.05, 0.1) is 19.3 Å². The Balaban J connectivity index is 2.74. The molecule has 0 spiro atoms. The molecule has 0 radical (unpaired) electrons. The summed E-state index contributed by atoms with van der Waals surface area (Å²) in [7, 11) is 1.45. The van der Waals surface area contributed by atoms with Crippen LogP contribution in [0, 0.1) is 0 Å². The highest BCUT2D eigenvalue weighted by atomic mass is 16.5. The van der Waals surface area contributed by atoms with Gasteiger partial charge in [-0.15, -0.1) is 0 Å². The van der Waals surface area contributed by atoms with Gasteiger partial charge in [-0.05, 0) is 13.8 Å². The molecule has 0 aliphatic heterocycles. The lowest BCUT2D eigenvalue weighted by molar-refractivity contribution is 0.208. The van der Waals surface area contributed by atoms with Crippen LogP contribution in [0.3, 0.4) is 0 Å². The molecule has 8 nitrogen and oxygen atoms in total. The van der Waals surface area contributed by atoms with Gasteiger partial charge >= 0.3 is 6.01 Å². The zero-order chi connectivity index (χ0) is 13.5. The first-order valence-corrected chi connectivity index (χ1v) is 5.65. The number of nitrogens with zero attached hydrogens (tertiary/aromatic N) is 3. The number of hydrogen-bond donors (Lipinski definition) is 4. The molecule has 4 N–H and O–H groups in total. The zero-order valence-electron chi connectivity index (χ0n) is 10.7. The minimum atomic E-state index is -0.512. The number of nitrogens with one attached hydrogen (secondary N) is 2. The molecule has 8 heteroatoms. The number of aromatic nitrogens is 3. The van der Waals surface area contributed by atoms with Crippen LogP contribution in [0.15, 0.2) is 0 Å². The number of aliphatic hydroxyl groups excluding tert-OH is 2. The molecule has 0 aromatic carbocycles. The zero-order valence-corrected chi connectivity index (χ0v) is 10.7. The van der Waals surface area contributed by atoms with Gasteiger partial charge in [-0.1, -0.05) is 0 Å². The number of methoxy groups -OCH3 is 1. The second kappa shape index (κ2) is 6.92. The molecule has 2 atom stereocenters. The van der Waals surface area contributed by atoms with E-state index < -0.39 is 12.2 Å². The fourth-order valence-corrected chi connectivity index (χ4v) is 1.08. The maximum absolute atomic E-state index is 9.17. The van der Waals surface area contributed by atoms with E-state index in [2.05, 4.69) is 25.6 Å². The van der Waals surface area contributed by atoms with E-state index in [1.54, 1.807) is 13.8 Å². The predicted molar refractivity (Wildman–Crippen MR) is 66.7 cm³/mol. The van der Waals surface area contributed by atoms with Crippen molar-refractivity contribution in [1.29, 1.82) is 0 Å². The van der Waals surface area contributed by atoms with Gasteiger partial charge in [0.25, 0.3) is 0 Å². The quantitative estimate of drug-likeness (QED) is 0.515. The summed E-state index contributed by atoms with van der Waals surface area (Å²) >= 11 is 0. The molecule has 0 saturated carbocycles. The lowest BCUT2D eigenvalue weighted by Gasteiger charge is -2.11. The van der Waals surface area contributed by atoms with E-state index in [4.69, 9.17) is 4.74 Å². The van der Waals surface area contributed by atoms with E-state index in [0.717, 1.165) is 0 Å². The third kappa shape index (κ3) is 5.11. The summed E-state index contributed by atoms with van der Waals surface area (Å²) < 4.78 is 4.94.